The van der Waals surface area contributed by atoms with Gasteiger partial charge in [-0.05, 0) is 35.9 Å². The van der Waals surface area contributed by atoms with Crippen molar-refractivity contribution in [1.82, 2.24) is 0 Å². The highest BCUT2D eigenvalue weighted by Gasteiger charge is 2.02. The summed E-state index contributed by atoms with van der Waals surface area (Å²) in [6, 6.07) is 12.9. The number of halogens is 3. The van der Waals surface area contributed by atoms with E-state index in [-0.39, 0.29) is 5.82 Å². The first-order chi connectivity index (χ1) is 8.15. The lowest BCUT2D eigenvalue weighted by atomic mass is 10.2. The van der Waals surface area contributed by atoms with Crippen LogP contribution in [-0.4, -0.2) is 0 Å². The van der Waals surface area contributed by atoms with Gasteiger partial charge in [-0.15, -0.1) is 0 Å². The smallest absolute Gasteiger partial charge is 0.147 e. The number of benzene rings is 2. The van der Waals surface area contributed by atoms with Crippen molar-refractivity contribution < 1.29 is 4.39 Å². The molecule has 0 heterocycles. The average Bonchev–Trinajstić information content (AvgIpc) is 2.28. The van der Waals surface area contributed by atoms with Crippen LogP contribution in [0.1, 0.15) is 5.56 Å². The van der Waals surface area contributed by atoms with Crippen LogP contribution in [0, 0.1) is 5.82 Å². The van der Waals surface area contributed by atoms with E-state index in [0.29, 0.717) is 12.2 Å². The van der Waals surface area contributed by atoms with Crippen molar-refractivity contribution in [1.29, 1.82) is 0 Å². The molecule has 0 radical (unpaired) electrons. The second-order valence-electron chi connectivity index (χ2n) is 3.61. The number of hydrogen-bond donors (Lipinski definition) is 1. The van der Waals surface area contributed by atoms with E-state index in [2.05, 4.69) is 37.2 Å². The molecule has 0 saturated heterocycles. The summed E-state index contributed by atoms with van der Waals surface area (Å²) in [7, 11) is 0. The zero-order chi connectivity index (χ0) is 12.3. The van der Waals surface area contributed by atoms with Crippen molar-refractivity contribution in [3.8, 4) is 0 Å². The molecule has 0 fully saturated rings. The molecule has 0 aliphatic heterocycles. The largest absolute Gasteiger partial charge is 0.379 e. The van der Waals surface area contributed by atoms with Crippen LogP contribution >= 0.6 is 31.9 Å². The summed E-state index contributed by atoms with van der Waals surface area (Å²) >= 11 is 6.63. The molecule has 0 aliphatic rings. The summed E-state index contributed by atoms with van der Waals surface area (Å²) in [6.07, 6.45) is 0. The average molecular weight is 359 g/mol. The SMILES string of the molecule is Fc1cc(Br)ccc1NCc1cccc(Br)c1. The molecule has 0 aromatic heterocycles. The number of hydrogen-bond acceptors (Lipinski definition) is 1. The molecule has 0 spiro atoms. The predicted molar refractivity (Wildman–Crippen MR) is 75.6 cm³/mol. The maximum atomic E-state index is 13.5. The lowest BCUT2D eigenvalue weighted by Crippen LogP contribution is -2.01. The van der Waals surface area contributed by atoms with Gasteiger partial charge in [0, 0.05) is 15.5 Å². The molecule has 2 aromatic rings. The molecule has 2 rings (SSSR count). The van der Waals surface area contributed by atoms with Gasteiger partial charge in [-0.3, -0.25) is 0 Å². The summed E-state index contributed by atoms with van der Waals surface area (Å²) in [5.41, 5.74) is 1.61. The Hall–Kier alpha value is -0.870. The van der Waals surface area contributed by atoms with E-state index in [0.717, 1.165) is 14.5 Å². The van der Waals surface area contributed by atoms with Gasteiger partial charge >= 0.3 is 0 Å². The third-order valence-electron chi connectivity index (χ3n) is 2.30. The summed E-state index contributed by atoms with van der Waals surface area (Å²) in [6.45, 7) is 0.595. The Bertz CT molecular complexity index is 529. The zero-order valence-corrected chi connectivity index (χ0v) is 12.1. The van der Waals surface area contributed by atoms with Crippen LogP contribution in [0.4, 0.5) is 10.1 Å². The van der Waals surface area contributed by atoms with Crippen LogP contribution in [0.15, 0.2) is 51.4 Å². The molecule has 0 aliphatic carbocycles. The highest BCUT2D eigenvalue weighted by Crippen LogP contribution is 2.20. The Morgan fingerprint density at radius 2 is 1.76 bits per heavy atom. The molecule has 4 heteroatoms. The van der Waals surface area contributed by atoms with Crippen LogP contribution in [0.3, 0.4) is 0 Å². The van der Waals surface area contributed by atoms with Crippen molar-refractivity contribution >= 4 is 37.5 Å². The summed E-state index contributed by atoms with van der Waals surface area (Å²) in [4.78, 5) is 0. The second kappa shape index (κ2) is 5.65. The number of rotatable bonds is 3. The third-order valence-corrected chi connectivity index (χ3v) is 3.29. The fourth-order valence-corrected chi connectivity index (χ4v) is 2.26. The molecule has 0 atom stereocenters. The van der Waals surface area contributed by atoms with Gasteiger partial charge in [0.1, 0.15) is 5.82 Å². The van der Waals surface area contributed by atoms with Crippen LogP contribution < -0.4 is 5.32 Å². The van der Waals surface area contributed by atoms with E-state index in [9.17, 15) is 4.39 Å². The highest BCUT2D eigenvalue weighted by molar-refractivity contribution is 9.10. The van der Waals surface area contributed by atoms with Crippen molar-refractivity contribution in [2.24, 2.45) is 0 Å². The van der Waals surface area contributed by atoms with Gasteiger partial charge in [-0.25, -0.2) is 4.39 Å². The van der Waals surface area contributed by atoms with E-state index in [1.54, 1.807) is 6.07 Å². The van der Waals surface area contributed by atoms with Crippen molar-refractivity contribution in [2.45, 2.75) is 6.54 Å². The predicted octanol–water partition coefficient (Wildman–Crippen LogP) is 4.96. The Kier molecular flexibility index (Phi) is 4.18. The van der Waals surface area contributed by atoms with Gasteiger partial charge in [0.05, 0.1) is 5.69 Å². The standard InChI is InChI=1S/C13H10Br2FN/c14-10-3-1-2-9(6-10)8-17-13-5-4-11(15)7-12(13)16/h1-7,17H,8H2. The van der Waals surface area contributed by atoms with Crippen LogP contribution in [0.25, 0.3) is 0 Å². The van der Waals surface area contributed by atoms with Crippen molar-refractivity contribution in [2.75, 3.05) is 5.32 Å². The summed E-state index contributed by atoms with van der Waals surface area (Å²) < 4.78 is 15.3. The van der Waals surface area contributed by atoms with Crippen LogP contribution in [-0.2, 0) is 6.54 Å². The second-order valence-corrected chi connectivity index (χ2v) is 5.44. The molecule has 1 N–H and O–H groups in total. The van der Waals surface area contributed by atoms with Gasteiger partial charge in [0.25, 0.3) is 0 Å². The molecule has 0 amide bonds. The summed E-state index contributed by atoms with van der Waals surface area (Å²) in [5, 5.41) is 3.07. The Morgan fingerprint density at radius 3 is 2.47 bits per heavy atom. The fraction of sp³-hybridized carbons (Fsp3) is 0.0769. The molecule has 0 unspecified atom stereocenters. The van der Waals surface area contributed by atoms with Crippen molar-refractivity contribution in [3.63, 3.8) is 0 Å². The van der Waals surface area contributed by atoms with Gasteiger partial charge in [0.2, 0.25) is 0 Å². The molecule has 2 aromatic carbocycles. The van der Waals surface area contributed by atoms with Gasteiger partial charge in [0.15, 0.2) is 0 Å². The Labute approximate surface area is 116 Å². The van der Waals surface area contributed by atoms with E-state index >= 15 is 0 Å². The minimum absolute atomic E-state index is 0.255. The molecular weight excluding hydrogens is 349 g/mol. The molecule has 1 nitrogen and oxygen atoms in total. The third kappa shape index (κ3) is 3.54. The summed E-state index contributed by atoms with van der Waals surface area (Å²) in [5.74, 6) is -0.255. The lowest BCUT2D eigenvalue weighted by Gasteiger charge is -2.08. The number of anilines is 1. The molecule has 88 valence electrons. The molecule has 17 heavy (non-hydrogen) atoms. The highest BCUT2D eigenvalue weighted by atomic mass is 79.9. The normalized spacial score (nSPS) is 10.3. The van der Waals surface area contributed by atoms with E-state index in [1.807, 2.05) is 30.3 Å². The first-order valence-corrected chi connectivity index (χ1v) is 6.67. The van der Waals surface area contributed by atoms with E-state index < -0.39 is 0 Å². The van der Waals surface area contributed by atoms with Crippen LogP contribution in [0.5, 0.6) is 0 Å². The Balaban J connectivity index is 2.07. The van der Waals surface area contributed by atoms with E-state index in [4.69, 9.17) is 0 Å². The monoisotopic (exact) mass is 357 g/mol. The Morgan fingerprint density at radius 1 is 1.00 bits per heavy atom. The molecular formula is C13H10Br2FN. The maximum absolute atomic E-state index is 13.5. The minimum atomic E-state index is -0.255. The van der Waals surface area contributed by atoms with Crippen molar-refractivity contribution in [3.05, 3.63) is 62.8 Å². The maximum Gasteiger partial charge on any atom is 0.147 e. The molecule has 0 saturated carbocycles. The lowest BCUT2D eigenvalue weighted by molar-refractivity contribution is 0.629. The number of nitrogens with one attached hydrogen (secondary N) is 1. The zero-order valence-electron chi connectivity index (χ0n) is 8.88. The van der Waals surface area contributed by atoms with Gasteiger partial charge in [-0.2, -0.15) is 0 Å². The first kappa shape index (κ1) is 12.6. The molecule has 0 bridgehead atoms. The topological polar surface area (TPSA) is 12.0 Å². The quantitative estimate of drug-likeness (QED) is 0.817. The fourth-order valence-electron chi connectivity index (χ4n) is 1.48. The van der Waals surface area contributed by atoms with Crippen LogP contribution in [0.2, 0.25) is 0 Å². The van der Waals surface area contributed by atoms with E-state index in [1.165, 1.54) is 6.07 Å². The minimum Gasteiger partial charge on any atom is -0.379 e. The van der Waals surface area contributed by atoms with Gasteiger partial charge in [-0.1, -0.05) is 44.0 Å². The first-order valence-electron chi connectivity index (χ1n) is 5.08. The van der Waals surface area contributed by atoms with Gasteiger partial charge < -0.3 is 5.32 Å².